The van der Waals surface area contributed by atoms with Gasteiger partial charge in [-0.3, -0.25) is 9.59 Å². The molecule has 10 heteroatoms. The normalized spacial score (nSPS) is 20.2. The molecule has 4 unspecified atom stereocenters. The summed E-state index contributed by atoms with van der Waals surface area (Å²) in [5, 5.41) is 20.6. The van der Waals surface area contributed by atoms with Crippen molar-refractivity contribution in [1.82, 2.24) is 10.3 Å². The number of aliphatic imine (C=N–C) groups is 1. The van der Waals surface area contributed by atoms with Gasteiger partial charge in [0.05, 0.1) is 0 Å². The quantitative estimate of drug-likeness (QED) is 0.198. The highest BCUT2D eigenvalue weighted by Crippen LogP contribution is 2.16. The standard InChI is InChI=1S/C28H32N4O6/c1-19(27(35)32-24(28(36)37)25(33)26(29)34)13-10-8-6-4-3-5-7-9-11-15-22-20(2)38-23(31-22)17-16-21-14-12-18-30-21/h3-18,20,22,24-25,30,33H,1-2H3,(H2,29,34)(H,32,35)(H,36,37). The summed E-state index contributed by atoms with van der Waals surface area (Å²) in [4.78, 5) is 41.8. The van der Waals surface area contributed by atoms with Gasteiger partial charge in [0.25, 0.3) is 0 Å². The summed E-state index contributed by atoms with van der Waals surface area (Å²) in [7, 11) is 0. The maximum atomic E-state index is 12.1. The number of aromatic nitrogens is 1. The summed E-state index contributed by atoms with van der Waals surface area (Å²) < 4.78 is 5.75. The molecule has 0 aliphatic carbocycles. The van der Waals surface area contributed by atoms with Crippen LogP contribution in [-0.2, 0) is 19.1 Å². The molecular weight excluding hydrogens is 488 g/mol. The first-order chi connectivity index (χ1) is 18.2. The lowest BCUT2D eigenvalue weighted by atomic mass is 10.1. The Balaban J connectivity index is 1.76. The minimum absolute atomic E-state index is 0.0442. The molecule has 0 spiro atoms. The lowest BCUT2D eigenvalue weighted by Gasteiger charge is -2.17. The maximum absolute atomic E-state index is 12.1. The third-order valence-corrected chi connectivity index (χ3v) is 5.15. The maximum Gasteiger partial charge on any atom is 0.329 e. The SMILES string of the molecule is CC(=CC=CC=CC=CC=CC=CC1N=C(C=Cc2ccc[nH]2)OC1C)C(=O)NC(C(=O)O)C(O)C(N)=O. The Kier molecular flexibility index (Phi) is 12.0. The first-order valence-electron chi connectivity index (χ1n) is 11.8. The second-order valence-corrected chi connectivity index (χ2v) is 8.15. The number of hydrogen-bond donors (Lipinski definition) is 5. The number of allylic oxidation sites excluding steroid dienone is 10. The van der Waals surface area contributed by atoms with E-state index in [2.05, 4.69) is 15.3 Å². The predicted molar refractivity (Wildman–Crippen MR) is 146 cm³/mol. The number of carbonyl (C=O) groups is 3. The van der Waals surface area contributed by atoms with Gasteiger partial charge in [0.1, 0.15) is 12.1 Å². The van der Waals surface area contributed by atoms with Crippen LogP contribution in [0, 0.1) is 0 Å². The van der Waals surface area contributed by atoms with Gasteiger partial charge in [0.15, 0.2) is 12.1 Å². The molecule has 2 amide bonds. The summed E-state index contributed by atoms with van der Waals surface area (Å²) >= 11 is 0. The van der Waals surface area contributed by atoms with Crippen LogP contribution < -0.4 is 11.1 Å². The van der Waals surface area contributed by atoms with Crippen LogP contribution in [0.15, 0.2) is 102 Å². The van der Waals surface area contributed by atoms with E-state index in [4.69, 9.17) is 15.6 Å². The number of carboxylic acids is 1. The van der Waals surface area contributed by atoms with E-state index in [1.54, 1.807) is 24.3 Å². The minimum atomic E-state index is -2.04. The van der Waals surface area contributed by atoms with Crippen molar-refractivity contribution >= 4 is 29.8 Å². The molecule has 1 aliphatic heterocycles. The molecule has 6 N–H and O–H groups in total. The fourth-order valence-corrected chi connectivity index (χ4v) is 3.03. The summed E-state index contributed by atoms with van der Waals surface area (Å²) in [5.74, 6) is -2.98. The Labute approximate surface area is 221 Å². The number of rotatable bonds is 13. The zero-order valence-electron chi connectivity index (χ0n) is 21.1. The van der Waals surface area contributed by atoms with Crippen LogP contribution in [0.25, 0.3) is 6.08 Å². The van der Waals surface area contributed by atoms with E-state index < -0.39 is 29.9 Å². The number of amides is 2. The van der Waals surface area contributed by atoms with Crippen LogP contribution >= 0.6 is 0 Å². The third-order valence-electron chi connectivity index (χ3n) is 5.15. The van der Waals surface area contributed by atoms with Crippen LogP contribution in [0.4, 0.5) is 0 Å². The van der Waals surface area contributed by atoms with Gasteiger partial charge in [-0.2, -0.15) is 0 Å². The Bertz CT molecular complexity index is 1200. The van der Waals surface area contributed by atoms with Gasteiger partial charge in [0.2, 0.25) is 17.7 Å². The highest BCUT2D eigenvalue weighted by molar-refractivity contribution is 5.97. The molecule has 10 nitrogen and oxygen atoms in total. The predicted octanol–water partition coefficient (Wildman–Crippen LogP) is 2.36. The number of aromatic amines is 1. The van der Waals surface area contributed by atoms with E-state index >= 15 is 0 Å². The van der Waals surface area contributed by atoms with Crippen molar-refractivity contribution in [3.05, 3.63) is 103 Å². The van der Waals surface area contributed by atoms with Crippen molar-refractivity contribution in [1.29, 1.82) is 0 Å². The number of aliphatic carboxylic acids is 1. The fourth-order valence-electron chi connectivity index (χ4n) is 3.03. The lowest BCUT2D eigenvalue weighted by Crippen LogP contribution is -2.53. The Morgan fingerprint density at radius 3 is 2.29 bits per heavy atom. The highest BCUT2D eigenvalue weighted by Gasteiger charge is 2.32. The molecular formula is C28H32N4O6. The number of ether oxygens (including phenoxy) is 1. The number of nitrogens with one attached hydrogen (secondary N) is 2. The molecule has 0 saturated carbocycles. The number of H-pyrrole nitrogens is 1. The number of carbonyl (C=O) groups excluding carboxylic acids is 2. The molecule has 2 heterocycles. The van der Waals surface area contributed by atoms with E-state index in [-0.39, 0.29) is 17.7 Å². The molecule has 1 aromatic rings. The van der Waals surface area contributed by atoms with Crippen LogP contribution in [0.2, 0.25) is 0 Å². The van der Waals surface area contributed by atoms with E-state index in [1.807, 2.05) is 73.9 Å². The number of hydrogen-bond acceptors (Lipinski definition) is 6. The molecule has 0 saturated heterocycles. The summed E-state index contributed by atoms with van der Waals surface area (Å²) in [6, 6.07) is 1.99. The summed E-state index contributed by atoms with van der Waals surface area (Å²) in [6.45, 7) is 3.43. The molecule has 200 valence electrons. The average molecular weight is 521 g/mol. The number of carboxylic acid groups (broad SMARTS) is 1. The zero-order valence-corrected chi connectivity index (χ0v) is 21.1. The second kappa shape index (κ2) is 15.4. The summed E-state index contributed by atoms with van der Waals surface area (Å²) in [6.07, 6.45) is 23.1. The summed E-state index contributed by atoms with van der Waals surface area (Å²) in [5.41, 5.74) is 6.05. The smallest absolute Gasteiger partial charge is 0.329 e. The van der Waals surface area contributed by atoms with Crippen LogP contribution in [-0.4, -0.2) is 63.2 Å². The number of aliphatic hydroxyl groups is 1. The minimum Gasteiger partial charge on any atom is -0.480 e. The molecule has 0 fully saturated rings. The van der Waals surface area contributed by atoms with Gasteiger partial charge in [-0.1, -0.05) is 66.8 Å². The first kappa shape index (κ1) is 29.5. The second-order valence-electron chi connectivity index (χ2n) is 8.15. The number of nitrogens with zero attached hydrogens (tertiary/aromatic N) is 1. The van der Waals surface area contributed by atoms with Crippen LogP contribution in [0.5, 0.6) is 0 Å². The topological polar surface area (TPSA) is 167 Å². The molecule has 38 heavy (non-hydrogen) atoms. The first-order valence-corrected chi connectivity index (χ1v) is 11.8. The molecule has 2 rings (SSSR count). The van der Waals surface area contributed by atoms with E-state index in [9.17, 15) is 19.5 Å². The molecule has 0 bridgehead atoms. The average Bonchev–Trinajstić information content (AvgIpc) is 3.52. The van der Waals surface area contributed by atoms with E-state index in [0.717, 1.165) is 5.69 Å². The van der Waals surface area contributed by atoms with Crippen LogP contribution in [0.3, 0.4) is 0 Å². The third kappa shape index (κ3) is 10.1. The molecule has 4 atom stereocenters. The molecule has 1 aromatic heterocycles. The Morgan fingerprint density at radius 1 is 1.08 bits per heavy atom. The van der Waals surface area contributed by atoms with Crippen molar-refractivity contribution in [3.8, 4) is 0 Å². The zero-order chi connectivity index (χ0) is 27.9. The van der Waals surface area contributed by atoms with Gasteiger partial charge >= 0.3 is 5.97 Å². The lowest BCUT2D eigenvalue weighted by molar-refractivity contribution is -0.148. The Hall–Kier alpha value is -4.70. The number of aliphatic hydroxyl groups excluding tert-OH is 1. The largest absolute Gasteiger partial charge is 0.480 e. The molecule has 0 aromatic carbocycles. The number of nitrogens with two attached hydrogens (primary N) is 1. The van der Waals surface area contributed by atoms with Crippen molar-refractivity contribution < 1.29 is 29.3 Å². The van der Waals surface area contributed by atoms with Gasteiger partial charge in [-0.25, -0.2) is 9.79 Å². The van der Waals surface area contributed by atoms with Crippen molar-refractivity contribution in [2.45, 2.75) is 38.1 Å². The monoisotopic (exact) mass is 520 g/mol. The van der Waals surface area contributed by atoms with Crippen molar-refractivity contribution in [3.63, 3.8) is 0 Å². The van der Waals surface area contributed by atoms with Crippen LogP contribution in [0.1, 0.15) is 19.5 Å². The fraction of sp³-hybridized carbons (Fsp3) is 0.214. The van der Waals surface area contributed by atoms with Gasteiger partial charge in [-0.05, 0) is 32.1 Å². The molecule has 0 radical (unpaired) electrons. The van der Waals surface area contributed by atoms with Gasteiger partial charge in [0, 0.05) is 23.5 Å². The highest BCUT2D eigenvalue weighted by atomic mass is 16.5. The van der Waals surface area contributed by atoms with Gasteiger partial charge < -0.3 is 31.0 Å². The van der Waals surface area contributed by atoms with Crippen molar-refractivity contribution in [2.75, 3.05) is 0 Å². The van der Waals surface area contributed by atoms with Crippen molar-refractivity contribution in [2.24, 2.45) is 10.7 Å². The molecule has 1 aliphatic rings. The number of primary amides is 1. The Morgan fingerprint density at radius 2 is 1.71 bits per heavy atom. The van der Waals surface area contributed by atoms with Gasteiger partial charge in [-0.15, -0.1) is 0 Å². The van der Waals surface area contributed by atoms with E-state index in [1.165, 1.54) is 13.0 Å². The van der Waals surface area contributed by atoms with E-state index in [0.29, 0.717) is 5.90 Å².